The van der Waals surface area contributed by atoms with Crippen LogP contribution in [0.1, 0.15) is 22.8 Å². The second-order valence-electron chi connectivity index (χ2n) is 4.92. The van der Waals surface area contributed by atoms with E-state index in [1.165, 1.54) is 6.07 Å². The molecule has 2 aromatic carbocycles. The van der Waals surface area contributed by atoms with E-state index >= 15 is 0 Å². The number of halogens is 2. The summed E-state index contributed by atoms with van der Waals surface area (Å²) in [6.45, 7) is 2.53. The molecule has 0 aliphatic heterocycles. The van der Waals surface area contributed by atoms with Crippen molar-refractivity contribution in [2.24, 2.45) is 0 Å². The van der Waals surface area contributed by atoms with Crippen molar-refractivity contribution in [1.29, 1.82) is 0 Å². The van der Waals surface area contributed by atoms with Crippen molar-refractivity contribution in [2.45, 2.75) is 20.1 Å². The molecule has 5 nitrogen and oxygen atoms in total. The lowest BCUT2D eigenvalue weighted by Crippen LogP contribution is -2.06. The van der Waals surface area contributed by atoms with Crippen LogP contribution in [0.5, 0.6) is 0 Å². The van der Waals surface area contributed by atoms with Crippen LogP contribution in [-0.2, 0) is 17.9 Å². The molecule has 1 heterocycles. The summed E-state index contributed by atoms with van der Waals surface area (Å²) in [5.74, 6) is -0.950. The molecule has 0 amide bonds. The summed E-state index contributed by atoms with van der Waals surface area (Å²) < 4.78 is 21.3. The van der Waals surface area contributed by atoms with Gasteiger partial charge in [0.2, 0.25) is 0 Å². The fraction of sp³-hybridized carbons (Fsp3) is 0.188. The Labute approximate surface area is 140 Å². The number of hydrogen-bond donors (Lipinski definition) is 0. The second-order valence-corrected chi connectivity index (χ2v) is 5.84. The summed E-state index contributed by atoms with van der Waals surface area (Å²) in [6.07, 6.45) is 0. The number of ether oxygens (including phenoxy) is 1. The fourth-order valence-corrected chi connectivity index (χ4v) is 2.53. The number of esters is 1. The minimum atomic E-state index is -0.528. The SMILES string of the molecule is CCn1nnc2cc(C(=O)OCc3ccc(Br)cc3F)ccc21. The molecular formula is C16H13BrFN3O2. The highest BCUT2D eigenvalue weighted by atomic mass is 79.9. The number of carbonyl (C=O) groups is 1. The maximum absolute atomic E-state index is 13.7. The minimum Gasteiger partial charge on any atom is -0.457 e. The largest absolute Gasteiger partial charge is 0.457 e. The van der Waals surface area contributed by atoms with Crippen molar-refractivity contribution in [3.8, 4) is 0 Å². The third-order valence-corrected chi connectivity index (χ3v) is 3.92. The third kappa shape index (κ3) is 3.24. The first-order chi connectivity index (χ1) is 11.1. The molecule has 0 spiro atoms. The number of nitrogens with zero attached hydrogens (tertiary/aromatic N) is 3. The quantitative estimate of drug-likeness (QED) is 0.650. The van der Waals surface area contributed by atoms with Gasteiger partial charge in [-0.25, -0.2) is 13.9 Å². The Morgan fingerprint density at radius 3 is 2.87 bits per heavy atom. The van der Waals surface area contributed by atoms with Gasteiger partial charge in [-0.3, -0.25) is 0 Å². The number of aryl methyl sites for hydroxylation is 1. The van der Waals surface area contributed by atoms with Crippen LogP contribution in [0.3, 0.4) is 0 Å². The van der Waals surface area contributed by atoms with Crippen LogP contribution >= 0.6 is 15.9 Å². The van der Waals surface area contributed by atoms with Crippen molar-refractivity contribution in [2.75, 3.05) is 0 Å². The van der Waals surface area contributed by atoms with Crippen LogP contribution in [0, 0.1) is 5.82 Å². The average Bonchev–Trinajstić information content (AvgIpc) is 2.96. The standard InChI is InChI=1S/C16H13BrFN3O2/c1-2-21-15-6-4-10(7-14(15)19-20-21)16(22)23-9-11-3-5-12(17)8-13(11)18/h3-8H,2,9H2,1H3. The summed E-state index contributed by atoms with van der Waals surface area (Å²) in [5, 5.41) is 8.00. The maximum Gasteiger partial charge on any atom is 0.338 e. The third-order valence-electron chi connectivity index (χ3n) is 3.42. The Hall–Kier alpha value is -2.28. The van der Waals surface area contributed by atoms with E-state index < -0.39 is 11.8 Å². The molecule has 1 aromatic heterocycles. The summed E-state index contributed by atoms with van der Waals surface area (Å²) in [4.78, 5) is 12.1. The molecule has 0 N–H and O–H groups in total. The van der Waals surface area contributed by atoms with Crippen LogP contribution in [0.25, 0.3) is 11.0 Å². The monoisotopic (exact) mass is 377 g/mol. The molecular weight excluding hydrogens is 365 g/mol. The number of aromatic nitrogens is 3. The highest BCUT2D eigenvalue weighted by Crippen LogP contribution is 2.18. The van der Waals surface area contributed by atoms with Gasteiger partial charge in [0.15, 0.2) is 0 Å². The first kappa shape index (κ1) is 15.6. The number of hydrogen-bond acceptors (Lipinski definition) is 4. The number of carbonyl (C=O) groups excluding carboxylic acids is 1. The van der Waals surface area contributed by atoms with E-state index in [-0.39, 0.29) is 6.61 Å². The molecule has 3 rings (SSSR count). The average molecular weight is 378 g/mol. The van der Waals surface area contributed by atoms with E-state index in [4.69, 9.17) is 4.74 Å². The smallest absolute Gasteiger partial charge is 0.338 e. The van der Waals surface area contributed by atoms with Gasteiger partial charge in [0.05, 0.1) is 11.1 Å². The van der Waals surface area contributed by atoms with Crippen LogP contribution < -0.4 is 0 Å². The molecule has 0 fully saturated rings. The lowest BCUT2D eigenvalue weighted by molar-refractivity contribution is 0.0469. The van der Waals surface area contributed by atoms with E-state index in [1.807, 2.05) is 6.92 Å². The van der Waals surface area contributed by atoms with E-state index in [0.29, 0.717) is 27.7 Å². The molecule has 0 saturated heterocycles. The zero-order valence-corrected chi connectivity index (χ0v) is 13.9. The Balaban J connectivity index is 1.75. The molecule has 7 heteroatoms. The first-order valence-electron chi connectivity index (χ1n) is 7.03. The molecule has 3 aromatic rings. The molecule has 118 valence electrons. The lowest BCUT2D eigenvalue weighted by Gasteiger charge is -2.06. The van der Waals surface area contributed by atoms with Crippen molar-refractivity contribution < 1.29 is 13.9 Å². The molecule has 0 aliphatic rings. The Bertz CT molecular complexity index is 879. The lowest BCUT2D eigenvalue weighted by atomic mass is 10.2. The Kier molecular flexibility index (Phi) is 4.38. The van der Waals surface area contributed by atoms with Gasteiger partial charge < -0.3 is 4.74 Å². The van der Waals surface area contributed by atoms with Crippen LogP contribution in [0.15, 0.2) is 40.9 Å². The molecule has 0 aliphatic carbocycles. The second kappa shape index (κ2) is 6.45. The summed E-state index contributed by atoms with van der Waals surface area (Å²) >= 11 is 3.18. The topological polar surface area (TPSA) is 57.0 Å². The normalized spacial score (nSPS) is 10.9. The van der Waals surface area contributed by atoms with Gasteiger partial charge in [0, 0.05) is 16.6 Å². The highest BCUT2D eigenvalue weighted by Gasteiger charge is 2.12. The highest BCUT2D eigenvalue weighted by molar-refractivity contribution is 9.10. The van der Waals surface area contributed by atoms with Gasteiger partial charge in [0.25, 0.3) is 0 Å². The van der Waals surface area contributed by atoms with Crippen LogP contribution in [0.2, 0.25) is 0 Å². The van der Waals surface area contributed by atoms with Crippen molar-refractivity contribution in [1.82, 2.24) is 15.0 Å². The van der Waals surface area contributed by atoms with Crippen molar-refractivity contribution in [3.63, 3.8) is 0 Å². The Morgan fingerprint density at radius 1 is 1.30 bits per heavy atom. The van der Waals surface area contributed by atoms with E-state index in [9.17, 15) is 9.18 Å². The zero-order valence-electron chi connectivity index (χ0n) is 12.3. The number of fused-ring (bicyclic) bond motifs is 1. The molecule has 0 unspecified atom stereocenters. The van der Waals surface area contributed by atoms with E-state index in [2.05, 4.69) is 26.2 Å². The molecule has 23 heavy (non-hydrogen) atoms. The summed E-state index contributed by atoms with van der Waals surface area (Å²) in [6, 6.07) is 9.64. The van der Waals surface area contributed by atoms with E-state index in [0.717, 1.165) is 5.52 Å². The molecule has 0 atom stereocenters. The van der Waals surface area contributed by atoms with E-state index in [1.54, 1.807) is 35.0 Å². The minimum absolute atomic E-state index is 0.127. The van der Waals surface area contributed by atoms with Gasteiger partial charge >= 0.3 is 5.97 Å². The van der Waals surface area contributed by atoms with Gasteiger partial charge in [-0.05, 0) is 37.3 Å². The predicted molar refractivity (Wildman–Crippen MR) is 86.4 cm³/mol. The van der Waals surface area contributed by atoms with Gasteiger partial charge in [-0.15, -0.1) is 5.10 Å². The molecule has 0 radical (unpaired) electrons. The van der Waals surface area contributed by atoms with Crippen molar-refractivity contribution >= 4 is 32.9 Å². The fourth-order valence-electron chi connectivity index (χ4n) is 2.20. The predicted octanol–water partition coefficient (Wildman–Crippen LogP) is 3.71. The van der Waals surface area contributed by atoms with Crippen molar-refractivity contribution in [3.05, 3.63) is 57.8 Å². The number of rotatable bonds is 4. The Morgan fingerprint density at radius 2 is 2.13 bits per heavy atom. The summed E-state index contributed by atoms with van der Waals surface area (Å²) in [5.41, 5.74) is 2.15. The van der Waals surface area contributed by atoms with Gasteiger partial charge in [-0.2, -0.15) is 0 Å². The van der Waals surface area contributed by atoms with Crippen LogP contribution in [0.4, 0.5) is 4.39 Å². The van der Waals surface area contributed by atoms with Gasteiger partial charge in [0.1, 0.15) is 17.9 Å². The molecule has 0 bridgehead atoms. The maximum atomic E-state index is 13.7. The van der Waals surface area contributed by atoms with Gasteiger partial charge in [-0.1, -0.05) is 27.2 Å². The van der Waals surface area contributed by atoms with Crippen LogP contribution in [-0.4, -0.2) is 21.0 Å². The zero-order chi connectivity index (χ0) is 16.4. The summed E-state index contributed by atoms with van der Waals surface area (Å²) in [7, 11) is 0. The number of benzene rings is 2. The molecule has 0 saturated carbocycles. The first-order valence-corrected chi connectivity index (χ1v) is 7.82.